The van der Waals surface area contributed by atoms with Gasteiger partial charge in [0.05, 0.1) is 16.5 Å². The molecule has 1 aromatic heterocycles. The lowest BCUT2D eigenvalue weighted by atomic mass is 10.1. The molecule has 0 saturated heterocycles. The molecule has 0 atom stereocenters. The third-order valence-corrected chi connectivity index (χ3v) is 5.11. The third-order valence-electron chi connectivity index (χ3n) is 3.31. The number of ether oxygens (including phenoxy) is 1. The molecule has 0 saturated carbocycles. The number of rotatable bonds is 5. The first kappa shape index (κ1) is 19.5. The zero-order valence-electron chi connectivity index (χ0n) is 13.6. The summed E-state index contributed by atoms with van der Waals surface area (Å²) in [6, 6.07) is 6.98. The highest BCUT2D eigenvalue weighted by Crippen LogP contribution is 2.28. The smallest absolute Gasteiger partial charge is 0.270 e. The average molecular weight is 433 g/mol. The maximum atomic E-state index is 14.5. The minimum atomic E-state index is -3.98. The van der Waals surface area contributed by atoms with Crippen molar-refractivity contribution in [3.8, 4) is 5.75 Å². The molecular formula is C16H11ClF2N2O4S2. The van der Waals surface area contributed by atoms with E-state index in [1.165, 1.54) is 16.1 Å². The topological polar surface area (TPSA) is 85.4 Å². The SMILES string of the molecule is CS(=O)(=O)NC(=O)c1c(F)ccc(OCc2nc3cc(Cl)ccc3s2)c1F. The maximum Gasteiger partial charge on any atom is 0.270 e. The molecule has 0 bridgehead atoms. The van der Waals surface area contributed by atoms with E-state index in [2.05, 4.69) is 4.98 Å². The van der Waals surface area contributed by atoms with Crippen molar-refractivity contribution in [3.05, 3.63) is 57.6 Å². The van der Waals surface area contributed by atoms with E-state index in [4.69, 9.17) is 16.3 Å². The molecule has 0 aliphatic carbocycles. The molecule has 0 fully saturated rings. The largest absolute Gasteiger partial charge is 0.483 e. The molecule has 1 N–H and O–H groups in total. The summed E-state index contributed by atoms with van der Waals surface area (Å²) in [7, 11) is -3.98. The number of carbonyl (C=O) groups excluding carboxylic acids is 1. The van der Waals surface area contributed by atoms with Gasteiger partial charge in [0.1, 0.15) is 23.0 Å². The standard InChI is InChI=1S/C16H11ClF2N2O4S2/c1-27(23,24)21-16(22)14-9(18)3-4-11(15(14)19)25-7-13-20-10-6-8(17)2-5-12(10)26-13/h2-6H,7H2,1H3,(H,21,22). The van der Waals surface area contributed by atoms with Crippen molar-refractivity contribution in [2.45, 2.75) is 6.61 Å². The van der Waals surface area contributed by atoms with Gasteiger partial charge in [-0.1, -0.05) is 11.6 Å². The Balaban J connectivity index is 1.84. The molecule has 3 rings (SSSR count). The molecule has 0 aliphatic heterocycles. The summed E-state index contributed by atoms with van der Waals surface area (Å²) in [5, 5.41) is 1.03. The summed E-state index contributed by atoms with van der Waals surface area (Å²) in [6.07, 6.45) is 0.695. The van der Waals surface area contributed by atoms with Crippen molar-refractivity contribution in [1.82, 2.24) is 9.71 Å². The number of amides is 1. The Morgan fingerprint density at radius 1 is 1.30 bits per heavy atom. The fourth-order valence-corrected chi connectivity index (χ4v) is 3.69. The average Bonchev–Trinajstić information content (AvgIpc) is 2.94. The second-order valence-electron chi connectivity index (χ2n) is 5.45. The zero-order chi connectivity index (χ0) is 19.8. The molecule has 6 nitrogen and oxygen atoms in total. The number of benzene rings is 2. The second-order valence-corrected chi connectivity index (χ2v) is 8.75. The number of fused-ring (bicyclic) bond motifs is 1. The van der Waals surface area contributed by atoms with Crippen LogP contribution in [0.4, 0.5) is 8.78 Å². The van der Waals surface area contributed by atoms with Crippen LogP contribution in [0.25, 0.3) is 10.2 Å². The summed E-state index contributed by atoms with van der Waals surface area (Å²) in [5.41, 5.74) is -0.395. The summed E-state index contributed by atoms with van der Waals surface area (Å²) in [6.45, 7) is -0.132. The summed E-state index contributed by atoms with van der Waals surface area (Å²) in [5.74, 6) is -4.35. The predicted octanol–water partition coefficient (Wildman–Crippen LogP) is 3.50. The van der Waals surface area contributed by atoms with Crippen molar-refractivity contribution in [1.29, 1.82) is 0 Å². The summed E-state index contributed by atoms with van der Waals surface area (Å²) < 4.78 is 58.2. The van der Waals surface area contributed by atoms with Crippen LogP contribution in [0.15, 0.2) is 30.3 Å². The first-order valence-electron chi connectivity index (χ1n) is 7.32. The van der Waals surface area contributed by atoms with Gasteiger partial charge in [-0.15, -0.1) is 11.3 Å². The van der Waals surface area contributed by atoms with E-state index < -0.39 is 38.9 Å². The Morgan fingerprint density at radius 3 is 2.74 bits per heavy atom. The Labute approximate surface area is 161 Å². The molecule has 142 valence electrons. The zero-order valence-corrected chi connectivity index (χ0v) is 16.0. The highest BCUT2D eigenvalue weighted by atomic mass is 35.5. The van der Waals surface area contributed by atoms with E-state index in [-0.39, 0.29) is 6.61 Å². The molecule has 27 heavy (non-hydrogen) atoms. The molecule has 11 heteroatoms. The minimum Gasteiger partial charge on any atom is -0.483 e. The first-order valence-corrected chi connectivity index (χ1v) is 10.4. The predicted molar refractivity (Wildman–Crippen MR) is 97.6 cm³/mol. The minimum absolute atomic E-state index is 0.132. The Bertz CT molecular complexity index is 1150. The lowest BCUT2D eigenvalue weighted by Crippen LogP contribution is -2.31. The fraction of sp³-hybridized carbons (Fsp3) is 0.125. The Hall–Kier alpha value is -2.30. The van der Waals surface area contributed by atoms with Crippen LogP contribution in [0.2, 0.25) is 5.02 Å². The quantitative estimate of drug-likeness (QED) is 0.667. The van der Waals surface area contributed by atoms with Gasteiger partial charge in [-0.2, -0.15) is 0 Å². The van der Waals surface area contributed by atoms with E-state index in [0.717, 1.165) is 16.8 Å². The number of aromatic nitrogens is 1. The van der Waals surface area contributed by atoms with Crippen molar-refractivity contribution in [2.75, 3.05) is 6.26 Å². The van der Waals surface area contributed by atoms with E-state index in [9.17, 15) is 22.0 Å². The summed E-state index contributed by atoms with van der Waals surface area (Å²) >= 11 is 7.20. The van der Waals surface area contributed by atoms with E-state index in [1.54, 1.807) is 18.2 Å². The van der Waals surface area contributed by atoms with Crippen molar-refractivity contribution in [2.24, 2.45) is 0 Å². The van der Waals surface area contributed by atoms with Gasteiger partial charge in [0.25, 0.3) is 5.91 Å². The van der Waals surface area contributed by atoms with Crippen LogP contribution in [0, 0.1) is 11.6 Å². The molecule has 3 aromatic rings. The van der Waals surface area contributed by atoms with Gasteiger partial charge in [-0.25, -0.2) is 26.9 Å². The van der Waals surface area contributed by atoms with E-state index in [1.807, 2.05) is 0 Å². The van der Waals surface area contributed by atoms with Crippen LogP contribution < -0.4 is 9.46 Å². The van der Waals surface area contributed by atoms with Crippen molar-refractivity contribution in [3.63, 3.8) is 0 Å². The van der Waals surface area contributed by atoms with Crippen molar-refractivity contribution < 1.29 is 26.7 Å². The fourth-order valence-electron chi connectivity index (χ4n) is 2.22. The van der Waals surface area contributed by atoms with Gasteiger partial charge in [-0.3, -0.25) is 4.79 Å². The number of hydrogen-bond donors (Lipinski definition) is 1. The third kappa shape index (κ3) is 4.52. The molecule has 0 radical (unpaired) electrons. The second kappa shape index (κ2) is 7.37. The van der Waals surface area contributed by atoms with Crippen LogP contribution >= 0.6 is 22.9 Å². The van der Waals surface area contributed by atoms with Gasteiger partial charge < -0.3 is 4.74 Å². The Morgan fingerprint density at radius 2 is 2.04 bits per heavy atom. The molecule has 0 aliphatic rings. The van der Waals surface area contributed by atoms with Crippen molar-refractivity contribution >= 4 is 49.1 Å². The molecule has 2 aromatic carbocycles. The molecule has 0 spiro atoms. The van der Waals surface area contributed by atoms with Crippen LogP contribution in [0.5, 0.6) is 5.75 Å². The van der Waals surface area contributed by atoms with Gasteiger partial charge in [0.2, 0.25) is 10.0 Å². The van der Waals surface area contributed by atoms with Crippen LogP contribution in [0.1, 0.15) is 15.4 Å². The number of hydrogen-bond acceptors (Lipinski definition) is 6. The van der Waals surface area contributed by atoms with E-state index >= 15 is 0 Å². The molecule has 1 heterocycles. The van der Waals surface area contributed by atoms with E-state index in [0.29, 0.717) is 21.8 Å². The van der Waals surface area contributed by atoms with Gasteiger partial charge in [0.15, 0.2) is 11.6 Å². The monoisotopic (exact) mass is 432 g/mol. The van der Waals surface area contributed by atoms with Crippen LogP contribution in [0.3, 0.4) is 0 Å². The number of carbonyl (C=O) groups is 1. The van der Waals surface area contributed by atoms with Crippen LogP contribution in [-0.4, -0.2) is 25.6 Å². The Kier molecular flexibility index (Phi) is 5.31. The molecule has 0 unspecified atom stereocenters. The molecular weight excluding hydrogens is 422 g/mol. The maximum absolute atomic E-state index is 14.5. The van der Waals surface area contributed by atoms with Gasteiger partial charge in [0, 0.05) is 5.02 Å². The summed E-state index contributed by atoms with van der Waals surface area (Å²) in [4.78, 5) is 16.1. The number of halogens is 3. The lowest BCUT2D eigenvalue weighted by Gasteiger charge is -2.10. The van der Waals surface area contributed by atoms with Gasteiger partial charge in [-0.05, 0) is 30.3 Å². The molecule has 1 amide bonds. The number of nitrogens with zero attached hydrogens (tertiary/aromatic N) is 1. The van der Waals surface area contributed by atoms with Crippen LogP contribution in [-0.2, 0) is 16.6 Å². The van der Waals surface area contributed by atoms with Gasteiger partial charge >= 0.3 is 0 Å². The number of thiazole rings is 1. The highest BCUT2D eigenvalue weighted by Gasteiger charge is 2.23. The first-order chi connectivity index (χ1) is 12.6. The normalized spacial score (nSPS) is 11.6. The number of sulfonamides is 1. The highest BCUT2D eigenvalue weighted by molar-refractivity contribution is 7.89. The number of nitrogens with one attached hydrogen (secondary N) is 1. The lowest BCUT2D eigenvalue weighted by molar-refractivity contribution is 0.0972.